The van der Waals surface area contributed by atoms with Crippen LogP contribution < -0.4 is 0 Å². The highest BCUT2D eigenvalue weighted by Gasteiger charge is 2.24. The SMILES string of the molecule is Cc1ccc(C)c(C(=O)N2CCC(C#N)CC2)c1. The molecular formula is C15H18N2O. The molecule has 0 saturated carbocycles. The lowest BCUT2D eigenvalue weighted by Gasteiger charge is -2.29. The number of nitrogens with zero attached hydrogens (tertiary/aromatic N) is 2. The topological polar surface area (TPSA) is 44.1 Å². The van der Waals surface area contributed by atoms with Crippen LogP contribution in [0.5, 0.6) is 0 Å². The van der Waals surface area contributed by atoms with Gasteiger partial charge in [-0.15, -0.1) is 0 Å². The molecule has 0 N–H and O–H groups in total. The molecule has 0 radical (unpaired) electrons. The number of hydrogen-bond donors (Lipinski definition) is 0. The quantitative estimate of drug-likeness (QED) is 0.760. The first kappa shape index (κ1) is 12.6. The normalized spacial score (nSPS) is 16.4. The fourth-order valence-electron chi connectivity index (χ4n) is 2.35. The Morgan fingerprint density at radius 1 is 1.33 bits per heavy atom. The van der Waals surface area contributed by atoms with Crippen molar-refractivity contribution in [2.75, 3.05) is 13.1 Å². The van der Waals surface area contributed by atoms with Crippen LogP contribution in [0.2, 0.25) is 0 Å². The van der Waals surface area contributed by atoms with Crippen LogP contribution in [0, 0.1) is 31.1 Å². The van der Waals surface area contributed by atoms with E-state index < -0.39 is 0 Å². The maximum atomic E-state index is 12.4. The van der Waals surface area contributed by atoms with Crippen LogP contribution in [0.1, 0.15) is 34.3 Å². The van der Waals surface area contributed by atoms with Crippen molar-refractivity contribution in [3.8, 4) is 6.07 Å². The Labute approximate surface area is 108 Å². The van der Waals surface area contributed by atoms with Crippen molar-refractivity contribution in [3.05, 3.63) is 34.9 Å². The highest BCUT2D eigenvalue weighted by molar-refractivity contribution is 5.95. The molecule has 0 aromatic heterocycles. The third kappa shape index (κ3) is 2.53. The lowest BCUT2D eigenvalue weighted by atomic mass is 9.97. The van der Waals surface area contributed by atoms with Crippen LogP contribution in [0.25, 0.3) is 0 Å². The molecule has 1 aliphatic heterocycles. The maximum absolute atomic E-state index is 12.4. The van der Waals surface area contributed by atoms with E-state index in [4.69, 9.17) is 5.26 Å². The Kier molecular flexibility index (Phi) is 3.66. The molecule has 0 bridgehead atoms. The fraction of sp³-hybridized carbons (Fsp3) is 0.467. The first-order chi connectivity index (χ1) is 8.61. The number of amides is 1. The van der Waals surface area contributed by atoms with Gasteiger partial charge in [-0.25, -0.2) is 0 Å². The van der Waals surface area contributed by atoms with Gasteiger partial charge < -0.3 is 4.90 Å². The molecule has 1 aromatic carbocycles. The minimum absolute atomic E-state index is 0.104. The van der Waals surface area contributed by atoms with Gasteiger partial charge in [0, 0.05) is 24.6 Å². The minimum atomic E-state index is 0.104. The van der Waals surface area contributed by atoms with Crippen molar-refractivity contribution < 1.29 is 4.79 Å². The van der Waals surface area contributed by atoms with Crippen molar-refractivity contribution in [3.63, 3.8) is 0 Å². The van der Waals surface area contributed by atoms with Gasteiger partial charge in [0.2, 0.25) is 0 Å². The third-order valence-corrected chi connectivity index (χ3v) is 3.59. The molecule has 18 heavy (non-hydrogen) atoms. The van der Waals surface area contributed by atoms with E-state index in [1.807, 2.05) is 36.9 Å². The second-order valence-corrected chi connectivity index (χ2v) is 5.01. The second kappa shape index (κ2) is 5.22. The molecule has 0 atom stereocenters. The molecule has 1 aliphatic rings. The molecule has 1 amide bonds. The standard InChI is InChI=1S/C15H18N2O/c1-11-3-4-12(2)14(9-11)15(18)17-7-5-13(10-16)6-8-17/h3-4,9,13H,5-8H2,1-2H3. The molecule has 3 nitrogen and oxygen atoms in total. The summed E-state index contributed by atoms with van der Waals surface area (Å²) in [5.74, 6) is 0.222. The molecule has 1 fully saturated rings. The summed E-state index contributed by atoms with van der Waals surface area (Å²) in [6, 6.07) is 8.25. The molecule has 1 aromatic rings. The summed E-state index contributed by atoms with van der Waals surface area (Å²) in [6.45, 7) is 5.36. The van der Waals surface area contributed by atoms with Gasteiger partial charge in [0.15, 0.2) is 0 Å². The lowest BCUT2D eigenvalue weighted by molar-refractivity contribution is 0.0706. The monoisotopic (exact) mass is 242 g/mol. The second-order valence-electron chi connectivity index (χ2n) is 5.01. The molecule has 94 valence electrons. The Morgan fingerprint density at radius 2 is 2.00 bits per heavy atom. The smallest absolute Gasteiger partial charge is 0.254 e. The van der Waals surface area contributed by atoms with Gasteiger partial charge in [-0.2, -0.15) is 5.26 Å². The number of aryl methyl sites for hydroxylation is 2. The van der Waals surface area contributed by atoms with E-state index in [0.717, 1.165) is 29.5 Å². The van der Waals surface area contributed by atoms with Crippen LogP contribution in [0.15, 0.2) is 18.2 Å². The summed E-state index contributed by atoms with van der Waals surface area (Å²) < 4.78 is 0. The van der Waals surface area contributed by atoms with Crippen LogP contribution in [0.3, 0.4) is 0 Å². The van der Waals surface area contributed by atoms with Crippen LogP contribution in [-0.2, 0) is 0 Å². The lowest BCUT2D eigenvalue weighted by Crippen LogP contribution is -2.38. The molecule has 1 heterocycles. The highest BCUT2D eigenvalue weighted by atomic mass is 16.2. The van der Waals surface area contributed by atoms with Crippen LogP contribution >= 0.6 is 0 Å². The Balaban J connectivity index is 2.13. The van der Waals surface area contributed by atoms with Gasteiger partial charge >= 0.3 is 0 Å². The molecule has 0 aliphatic carbocycles. The number of rotatable bonds is 1. The zero-order valence-electron chi connectivity index (χ0n) is 10.9. The molecule has 3 heteroatoms. The van der Waals surface area contributed by atoms with E-state index in [1.165, 1.54) is 0 Å². The van der Waals surface area contributed by atoms with E-state index in [-0.39, 0.29) is 11.8 Å². The average molecular weight is 242 g/mol. The summed E-state index contributed by atoms with van der Waals surface area (Å²) in [4.78, 5) is 14.3. The molecule has 1 saturated heterocycles. The van der Waals surface area contributed by atoms with Crippen molar-refractivity contribution in [1.82, 2.24) is 4.90 Å². The number of piperidine rings is 1. The summed E-state index contributed by atoms with van der Waals surface area (Å²) in [7, 11) is 0. The van der Waals surface area contributed by atoms with E-state index in [9.17, 15) is 4.79 Å². The number of nitriles is 1. The Bertz CT molecular complexity index is 494. The summed E-state index contributed by atoms with van der Waals surface area (Å²) >= 11 is 0. The van der Waals surface area contributed by atoms with Crippen molar-refractivity contribution in [2.45, 2.75) is 26.7 Å². The van der Waals surface area contributed by atoms with E-state index in [2.05, 4.69) is 6.07 Å². The molecular weight excluding hydrogens is 224 g/mol. The van der Waals surface area contributed by atoms with Gasteiger partial charge in [0.05, 0.1) is 6.07 Å². The highest BCUT2D eigenvalue weighted by Crippen LogP contribution is 2.20. The van der Waals surface area contributed by atoms with Gasteiger partial charge in [-0.05, 0) is 38.3 Å². The summed E-state index contributed by atoms with van der Waals surface area (Å²) in [5.41, 5.74) is 2.93. The molecule has 0 unspecified atom stereocenters. The van der Waals surface area contributed by atoms with Gasteiger partial charge in [0.25, 0.3) is 5.91 Å². The van der Waals surface area contributed by atoms with Crippen LogP contribution in [0.4, 0.5) is 0 Å². The minimum Gasteiger partial charge on any atom is -0.339 e. The fourth-order valence-corrected chi connectivity index (χ4v) is 2.35. The first-order valence-electron chi connectivity index (χ1n) is 6.38. The number of benzene rings is 1. The van der Waals surface area contributed by atoms with Gasteiger partial charge in [0.1, 0.15) is 0 Å². The van der Waals surface area contributed by atoms with Crippen molar-refractivity contribution in [1.29, 1.82) is 5.26 Å². The summed E-state index contributed by atoms with van der Waals surface area (Å²) in [5, 5.41) is 8.86. The Morgan fingerprint density at radius 3 is 2.61 bits per heavy atom. The number of hydrogen-bond acceptors (Lipinski definition) is 2. The summed E-state index contributed by atoms with van der Waals surface area (Å²) in [6.07, 6.45) is 1.60. The van der Waals surface area contributed by atoms with Crippen LogP contribution in [-0.4, -0.2) is 23.9 Å². The van der Waals surface area contributed by atoms with Gasteiger partial charge in [-0.1, -0.05) is 17.7 Å². The molecule has 2 rings (SSSR count). The van der Waals surface area contributed by atoms with Crippen molar-refractivity contribution >= 4 is 5.91 Å². The number of likely N-dealkylation sites (tertiary alicyclic amines) is 1. The number of carbonyl (C=O) groups is 1. The Hall–Kier alpha value is -1.82. The maximum Gasteiger partial charge on any atom is 0.254 e. The average Bonchev–Trinajstić information content (AvgIpc) is 2.41. The largest absolute Gasteiger partial charge is 0.339 e. The predicted octanol–water partition coefficient (Wildman–Crippen LogP) is 2.68. The van der Waals surface area contributed by atoms with E-state index in [1.54, 1.807) is 0 Å². The number of carbonyl (C=O) groups excluding carboxylic acids is 1. The first-order valence-corrected chi connectivity index (χ1v) is 6.38. The predicted molar refractivity (Wildman–Crippen MR) is 70.2 cm³/mol. The van der Waals surface area contributed by atoms with Crippen molar-refractivity contribution in [2.24, 2.45) is 5.92 Å². The van der Waals surface area contributed by atoms with Gasteiger partial charge in [-0.3, -0.25) is 4.79 Å². The van der Waals surface area contributed by atoms with E-state index >= 15 is 0 Å². The van der Waals surface area contributed by atoms with E-state index in [0.29, 0.717) is 13.1 Å². The zero-order chi connectivity index (χ0) is 13.1. The zero-order valence-corrected chi connectivity index (χ0v) is 10.9. The molecule has 0 spiro atoms. The third-order valence-electron chi connectivity index (χ3n) is 3.59.